The molecule has 4 unspecified atom stereocenters. The second-order valence-corrected chi connectivity index (χ2v) is 8.36. The molecule has 6 nitrogen and oxygen atoms in total. The third-order valence-electron chi connectivity index (χ3n) is 6.26. The third kappa shape index (κ3) is 2.49. The van der Waals surface area contributed by atoms with Gasteiger partial charge in [0.25, 0.3) is 0 Å². The summed E-state index contributed by atoms with van der Waals surface area (Å²) in [6.07, 6.45) is -0.882. The molecule has 0 aromatic heterocycles. The van der Waals surface area contributed by atoms with Crippen molar-refractivity contribution in [2.24, 2.45) is 16.7 Å². The molecule has 0 spiro atoms. The number of ether oxygens (including phenoxy) is 2. The lowest BCUT2D eigenvalue weighted by atomic mass is 9.52. The van der Waals surface area contributed by atoms with Crippen LogP contribution in [0.2, 0.25) is 10.0 Å². The fourth-order valence-corrected chi connectivity index (χ4v) is 5.19. The Bertz CT molecular complexity index is 1180. The molecule has 2 aliphatic rings. The number of halogens is 2. The maximum absolute atomic E-state index is 10.4. The molecule has 2 aromatic rings. The molecule has 2 saturated heterocycles. The van der Waals surface area contributed by atoms with Gasteiger partial charge in [-0.2, -0.15) is 15.8 Å². The van der Waals surface area contributed by atoms with E-state index in [1.807, 2.05) is 25.1 Å². The first kappa shape index (κ1) is 21.2. The first-order valence-electron chi connectivity index (χ1n) is 9.57. The van der Waals surface area contributed by atoms with Crippen LogP contribution in [-0.2, 0) is 15.3 Å². The standard InChI is InChI=1S/C23H16Cl2N4O2/c1-2-18-22(13-28)20(29)31-23(18,15-6-4-3-5-7-15)30-19(21(22,11-26)12-27)14-8-9-16(24)17(25)10-14/h3-10,18-19,29H,2H2,1H3. The van der Waals surface area contributed by atoms with Gasteiger partial charge in [0, 0.05) is 5.56 Å². The molecule has 4 atom stereocenters. The summed E-state index contributed by atoms with van der Waals surface area (Å²) in [6, 6.07) is 19.8. The molecule has 2 bridgehead atoms. The van der Waals surface area contributed by atoms with Gasteiger partial charge in [-0.3, -0.25) is 5.41 Å². The fraction of sp³-hybridized carbons (Fsp3) is 0.304. The van der Waals surface area contributed by atoms with E-state index in [4.69, 9.17) is 38.1 Å². The van der Waals surface area contributed by atoms with Crippen molar-refractivity contribution in [3.63, 3.8) is 0 Å². The molecule has 2 heterocycles. The Morgan fingerprint density at radius 3 is 2.23 bits per heavy atom. The van der Waals surface area contributed by atoms with E-state index in [0.717, 1.165) is 0 Å². The van der Waals surface area contributed by atoms with Gasteiger partial charge < -0.3 is 9.47 Å². The number of nitriles is 3. The maximum atomic E-state index is 10.4. The molecule has 0 aliphatic carbocycles. The minimum absolute atomic E-state index is 0.216. The summed E-state index contributed by atoms with van der Waals surface area (Å²) < 4.78 is 12.5. The van der Waals surface area contributed by atoms with Crippen LogP contribution in [-0.4, -0.2) is 5.90 Å². The van der Waals surface area contributed by atoms with Crippen LogP contribution in [0.4, 0.5) is 0 Å². The Morgan fingerprint density at radius 2 is 1.68 bits per heavy atom. The van der Waals surface area contributed by atoms with Gasteiger partial charge >= 0.3 is 0 Å². The summed E-state index contributed by atoms with van der Waals surface area (Å²) in [5.41, 5.74) is -2.91. The van der Waals surface area contributed by atoms with Gasteiger partial charge in [-0.15, -0.1) is 0 Å². The number of fused-ring (bicyclic) bond motifs is 2. The van der Waals surface area contributed by atoms with E-state index in [1.54, 1.807) is 30.3 Å². The average molecular weight is 451 g/mol. The van der Waals surface area contributed by atoms with Gasteiger partial charge in [0.15, 0.2) is 5.41 Å². The molecular weight excluding hydrogens is 435 g/mol. The zero-order valence-corrected chi connectivity index (χ0v) is 17.9. The Kier molecular flexibility index (Phi) is 4.95. The van der Waals surface area contributed by atoms with Crippen LogP contribution >= 0.6 is 23.2 Å². The van der Waals surface area contributed by atoms with Crippen LogP contribution in [0.1, 0.15) is 30.6 Å². The van der Waals surface area contributed by atoms with Crippen molar-refractivity contribution in [2.75, 3.05) is 0 Å². The normalized spacial score (nSPS) is 30.5. The van der Waals surface area contributed by atoms with Gasteiger partial charge in [0.2, 0.25) is 17.1 Å². The summed E-state index contributed by atoms with van der Waals surface area (Å²) in [5, 5.41) is 40.1. The Hall–Kier alpha value is -3.08. The van der Waals surface area contributed by atoms with E-state index < -0.39 is 34.5 Å². The lowest BCUT2D eigenvalue weighted by Gasteiger charge is -2.49. The molecule has 31 heavy (non-hydrogen) atoms. The monoisotopic (exact) mass is 450 g/mol. The molecular formula is C23H16Cl2N4O2. The number of hydrogen-bond acceptors (Lipinski definition) is 6. The zero-order chi connectivity index (χ0) is 22.4. The van der Waals surface area contributed by atoms with E-state index in [-0.39, 0.29) is 5.02 Å². The van der Waals surface area contributed by atoms with E-state index in [9.17, 15) is 15.8 Å². The topological polar surface area (TPSA) is 114 Å². The molecule has 2 aromatic carbocycles. The molecule has 2 fully saturated rings. The SMILES string of the molecule is CCC1C2(c3ccccc3)OC(=N)C1(C#N)C(C#N)(C#N)C(c1ccc(Cl)c(Cl)c1)O2. The average Bonchev–Trinajstić information content (AvgIpc) is 3.00. The van der Waals surface area contributed by atoms with Crippen molar-refractivity contribution < 1.29 is 9.47 Å². The zero-order valence-electron chi connectivity index (χ0n) is 16.4. The molecule has 8 heteroatoms. The molecule has 154 valence electrons. The predicted molar refractivity (Wildman–Crippen MR) is 113 cm³/mol. The number of hydrogen-bond donors (Lipinski definition) is 1. The summed E-state index contributed by atoms with van der Waals surface area (Å²) in [4.78, 5) is 0. The van der Waals surface area contributed by atoms with E-state index >= 15 is 0 Å². The van der Waals surface area contributed by atoms with Crippen LogP contribution in [0.3, 0.4) is 0 Å². The summed E-state index contributed by atoms with van der Waals surface area (Å²) in [6.45, 7) is 1.82. The Balaban J connectivity index is 2.07. The number of nitrogens with one attached hydrogen (secondary N) is 1. The van der Waals surface area contributed by atoms with Crippen molar-refractivity contribution in [1.82, 2.24) is 0 Å². The maximum Gasteiger partial charge on any atom is 0.244 e. The summed E-state index contributed by atoms with van der Waals surface area (Å²) >= 11 is 12.3. The largest absolute Gasteiger partial charge is 0.443 e. The minimum Gasteiger partial charge on any atom is -0.443 e. The van der Waals surface area contributed by atoms with Gasteiger partial charge in [0.1, 0.15) is 6.10 Å². The van der Waals surface area contributed by atoms with Crippen molar-refractivity contribution in [1.29, 1.82) is 21.2 Å². The van der Waals surface area contributed by atoms with Crippen molar-refractivity contribution in [3.05, 3.63) is 69.7 Å². The van der Waals surface area contributed by atoms with Crippen molar-refractivity contribution >= 4 is 29.1 Å². The molecule has 0 radical (unpaired) electrons. The molecule has 2 aliphatic heterocycles. The van der Waals surface area contributed by atoms with Crippen LogP contribution in [0, 0.1) is 56.2 Å². The lowest BCUT2D eigenvalue weighted by Crippen LogP contribution is -2.58. The molecule has 0 amide bonds. The molecule has 4 rings (SSSR count). The summed E-state index contributed by atoms with van der Waals surface area (Å²) in [5.74, 6) is -2.73. The number of benzene rings is 2. The highest BCUT2D eigenvalue weighted by atomic mass is 35.5. The Morgan fingerprint density at radius 1 is 1.00 bits per heavy atom. The molecule has 0 saturated carbocycles. The van der Waals surface area contributed by atoms with Crippen LogP contribution in [0.15, 0.2) is 48.5 Å². The van der Waals surface area contributed by atoms with Crippen molar-refractivity contribution in [3.8, 4) is 18.2 Å². The second kappa shape index (κ2) is 7.26. The van der Waals surface area contributed by atoms with Gasteiger partial charge in [0.05, 0.1) is 34.2 Å². The second-order valence-electron chi connectivity index (χ2n) is 7.55. The fourth-order valence-electron chi connectivity index (χ4n) is 4.88. The van der Waals surface area contributed by atoms with Gasteiger partial charge in [-0.05, 0) is 24.1 Å². The highest BCUT2D eigenvalue weighted by Gasteiger charge is 2.80. The predicted octanol–water partition coefficient (Wildman–Crippen LogP) is 5.49. The van der Waals surface area contributed by atoms with E-state index in [0.29, 0.717) is 22.6 Å². The lowest BCUT2D eigenvalue weighted by molar-refractivity contribution is -0.292. The minimum atomic E-state index is -2.05. The first-order chi connectivity index (χ1) is 14.9. The number of nitrogens with zero attached hydrogens (tertiary/aromatic N) is 3. The number of rotatable bonds is 3. The third-order valence-corrected chi connectivity index (χ3v) is 7.00. The van der Waals surface area contributed by atoms with E-state index in [2.05, 4.69) is 6.07 Å². The quantitative estimate of drug-likeness (QED) is 0.663. The van der Waals surface area contributed by atoms with Crippen molar-refractivity contribution in [2.45, 2.75) is 25.2 Å². The van der Waals surface area contributed by atoms with Gasteiger partial charge in [-0.1, -0.05) is 66.5 Å². The summed E-state index contributed by atoms with van der Waals surface area (Å²) in [7, 11) is 0. The highest BCUT2D eigenvalue weighted by molar-refractivity contribution is 6.42. The first-order valence-corrected chi connectivity index (χ1v) is 10.3. The molecule has 1 N–H and O–H groups in total. The van der Waals surface area contributed by atoms with Gasteiger partial charge in [-0.25, -0.2) is 0 Å². The smallest absolute Gasteiger partial charge is 0.244 e. The van der Waals surface area contributed by atoms with Crippen LogP contribution in [0.5, 0.6) is 0 Å². The van der Waals surface area contributed by atoms with Crippen LogP contribution < -0.4 is 0 Å². The van der Waals surface area contributed by atoms with E-state index in [1.165, 1.54) is 12.1 Å². The Labute approximate surface area is 189 Å². The van der Waals surface area contributed by atoms with Crippen LogP contribution in [0.25, 0.3) is 0 Å². The highest BCUT2D eigenvalue weighted by Crippen LogP contribution is 2.69.